The average molecular weight is 415 g/mol. The SMILES string of the molecule is Cc1ccc(C)c(CSc2nnc(NC(=O)c3cccc([N+](=O)[O-])c3C)s2)c1. The number of nitro benzene ring substituents is 1. The number of benzene rings is 2. The molecule has 0 spiro atoms. The van der Waals surface area contributed by atoms with Crippen molar-refractivity contribution in [3.05, 3.63) is 74.3 Å². The molecule has 0 aliphatic carbocycles. The van der Waals surface area contributed by atoms with Gasteiger partial charge in [0.1, 0.15) is 0 Å². The third-order valence-electron chi connectivity index (χ3n) is 4.23. The molecule has 0 aliphatic heterocycles. The van der Waals surface area contributed by atoms with Crippen LogP contribution in [0.3, 0.4) is 0 Å². The molecule has 0 saturated heterocycles. The predicted molar refractivity (Wildman–Crippen MR) is 111 cm³/mol. The molecular formula is C19H18N4O3S2. The fourth-order valence-corrected chi connectivity index (χ4v) is 4.46. The Morgan fingerprint density at radius 1 is 1.21 bits per heavy atom. The van der Waals surface area contributed by atoms with E-state index in [0.29, 0.717) is 10.7 Å². The minimum absolute atomic E-state index is 0.0883. The van der Waals surface area contributed by atoms with Crippen LogP contribution in [0.25, 0.3) is 0 Å². The van der Waals surface area contributed by atoms with E-state index in [1.54, 1.807) is 24.8 Å². The Bertz CT molecular complexity index is 1050. The summed E-state index contributed by atoms with van der Waals surface area (Å²) in [7, 11) is 0. The highest BCUT2D eigenvalue weighted by Crippen LogP contribution is 2.30. The molecule has 1 amide bonds. The number of nitro groups is 1. The predicted octanol–water partition coefficient (Wildman–Crippen LogP) is 4.92. The summed E-state index contributed by atoms with van der Waals surface area (Å²) in [5.74, 6) is 0.323. The average Bonchev–Trinajstić information content (AvgIpc) is 3.09. The van der Waals surface area contributed by atoms with Gasteiger partial charge in [0.05, 0.1) is 4.92 Å². The van der Waals surface area contributed by atoms with E-state index in [-0.39, 0.29) is 11.3 Å². The van der Waals surface area contributed by atoms with Crippen molar-refractivity contribution in [1.82, 2.24) is 10.2 Å². The molecule has 3 rings (SSSR count). The lowest BCUT2D eigenvalue weighted by Gasteiger charge is -2.05. The second-order valence-corrected chi connectivity index (χ2v) is 8.45. The normalized spacial score (nSPS) is 10.7. The summed E-state index contributed by atoms with van der Waals surface area (Å²) in [5, 5.41) is 22.2. The van der Waals surface area contributed by atoms with Gasteiger partial charge in [-0.3, -0.25) is 20.2 Å². The van der Waals surface area contributed by atoms with Crippen LogP contribution in [0, 0.1) is 30.9 Å². The summed E-state index contributed by atoms with van der Waals surface area (Å²) in [6, 6.07) is 10.7. The van der Waals surface area contributed by atoms with Gasteiger partial charge in [0.25, 0.3) is 11.6 Å². The van der Waals surface area contributed by atoms with Gasteiger partial charge in [-0.15, -0.1) is 10.2 Å². The van der Waals surface area contributed by atoms with Crippen molar-refractivity contribution in [1.29, 1.82) is 0 Å². The Hall–Kier alpha value is -2.78. The molecule has 1 heterocycles. The molecule has 0 aliphatic rings. The number of aryl methyl sites for hydroxylation is 2. The van der Waals surface area contributed by atoms with Gasteiger partial charge >= 0.3 is 0 Å². The van der Waals surface area contributed by atoms with Crippen LogP contribution in [0.4, 0.5) is 10.8 Å². The lowest BCUT2D eigenvalue weighted by molar-refractivity contribution is -0.385. The van der Waals surface area contributed by atoms with Crippen LogP contribution in [0.2, 0.25) is 0 Å². The molecule has 28 heavy (non-hydrogen) atoms. The third kappa shape index (κ3) is 4.55. The third-order valence-corrected chi connectivity index (χ3v) is 6.25. The molecule has 1 aromatic heterocycles. The summed E-state index contributed by atoms with van der Waals surface area (Å²) in [4.78, 5) is 23.0. The van der Waals surface area contributed by atoms with Gasteiger partial charge in [-0.2, -0.15) is 0 Å². The summed E-state index contributed by atoms with van der Waals surface area (Å²) in [5.41, 5.74) is 4.14. The lowest BCUT2D eigenvalue weighted by atomic mass is 10.1. The zero-order chi connectivity index (χ0) is 20.3. The summed E-state index contributed by atoms with van der Waals surface area (Å²) in [6.45, 7) is 5.68. The fourth-order valence-electron chi connectivity index (χ4n) is 2.65. The van der Waals surface area contributed by atoms with Crippen LogP contribution in [-0.4, -0.2) is 21.0 Å². The largest absolute Gasteiger partial charge is 0.296 e. The van der Waals surface area contributed by atoms with E-state index in [4.69, 9.17) is 0 Å². The maximum absolute atomic E-state index is 12.5. The highest BCUT2D eigenvalue weighted by Gasteiger charge is 2.19. The number of hydrogen-bond acceptors (Lipinski definition) is 7. The van der Waals surface area contributed by atoms with Crippen LogP contribution in [-0.2, 0) is 5.75 Å². The number of rotatable bonds is 6. The van der Waals surface area contributed by atoms with Gasteiger partial charge in [-0.25, -0.2) is 0 Å². The Kier molecular flexibility index (Phi) is 6.05. The first-order valence-corrected chi connectivity index (χ1v) is 10.2. The molecule has 9 heteroatoms. The molecule has 0 saturated carbocycles. The standard InChI is InChI=1S/C19H18N4O3S2/c1-11-7-8-12(2)14(9-11)10-27-19-22-21-18(28-19)20-17(24)15-5-4-6-16(13(15)3)23(25)26/h4-9H,10H2,1-3H3,(H,20,21,24). The van der Waals surface area contributed by atoms with E-state index in [1.807, 2.05) is 0 Å². The van der Waals surface area contributed by atoms with Gasteiger partial charge in [-0.05, 0) is 38.0 Å². The van der Waals surface area contributed by atoms with E-state index in [9.17, 15) is 14.9 Å². The number of aromatic nitrogens is 2. The minimum atomic E-state index is -0.501. The Morgan fingerprint density at radius 3 is 2.75 bits per heavy atom. The summed E-state index contributed by atoms with van der Waals surface area (Å²) >= 11 is 2.83. The molecule has 0 radical (unpaired) electrons. The van der Waals surface area contributed by atoms with Crippen molar-refractivity contribution in [3.8, 4) is 0 Å². The van der Waals surface area contributed by atoms with Crippen LogP contribution >= 0.6 is 23.1 Å². The molecule has 0 atom stereocenters. The fraction of sp³-hybridized carbons (Fsp3) is 0.211. The van der Waals surface area contributed by atoms with E-state index in [1.165, 1.54) is 40.2 Å². The Morgan fingerprint density at radius 2 is 2.00 bits per heavy atom. The van der Waals surface area contributed by atoms with Crippen molar-refractivity contribution in [3.63, 3.8) is 0 Å². The highest BCUT2D eigenvalue weighted by atomic mass is 32.2. The highest BCUT2D eigenvalue weighted by molar-refractivity contribution is 8.00. The van der Waals surface area contributed by atoms with E-state index < -0.39 is 10.8 Å². The van der Waals surface area contributed by atoms with E-state index in [2.05, 4.69) is 47.6 Å². The first kappa shape index (κ1) is 20.0. The summed E-state index contributed by atoms with van der Waals surface area (Å²) in [6.07, 6.45) is 0. The van der Waals surface area contributed by atoms with Crippen LogP contribution in [0.1, 0.15) is 32.6 Å². The van der Waals surface area contributed by atoms with Crippen molar-refractivity contribution < 1.29 is 9.72 Å². The van der Waals surface area contributed by atoms with Gasteiger partial charge in [0.15, 0.2) is 4.34 Å². The molecule has 0 unspecified atom stereocenters. The number of nitrogens with zero attached hydrogens (tertiary/aromatic N) is 3. The molecule has 1 N–H and O–H groups in total. The van der Waals surface area contributed by atoms with Gasteiger partial charge < -0.3 is 0 Å². The molecular weight excluding hydrogens is 396 g/mol. The molecule has 0 bridgehead atoms. The molecule has 144 valence electrons. The zero-order valence-electron chi connectivity index (χ0n) is 15.6. The molecule has 3 aromatic rings. The van der Waals surface area contributed by atoms with Gasteiger partial charge in [0, 0.05) is 22.9 Å². The van der Waals surface area contributed by atoms with Crippen molar-refractivity contribution in [2.45, 2.75) is 30.9 Å². The molecule has 0 fully saturated rings. The number of nitrogens with one attached hydrogen (secondary N) is 1. The monoisotopic (exact) mass is 414 g/mol. The molecule has 2 aromatic carbocycles. The Balaban J connectivity index is 1.68. The first-order chi connectivity index (χ1) is 13.3. The second kappa shape index (κ2) is 8.49. The second-order valence-electron chi connectivity index (χ2n) is 6.25. The Labute approximate surface area is 170 Å². The van der Waals surface area contributed by atoms with Crippen LogP contribution in [0.5, 0.6) is 0 Å². The van der Waals surface area contributed by atoms with Crippen molar-refractivity contribution in [2.75, 3.05) is 5.32 Å². The van der Waals surface area contributed by atoms with Crippen molar-refractivity contribution >= 4 is 39.8 Å². The number of hydrogen-bond donors (Lipinski definition) is 1. The maximum atomic E-state index is 12.5. The zero-order valence-corrected chi connectivity index (χ0v) is 17.2. The maximum Gasteiger partial charge on any atom is 0.273 e. The quantitative estimate of drug-likeness (QED) is 0.266. The smallest absolute Gasteiger partial charge is 0.273 e. The van der Waals surface area contributed by atoms with E-state index >= 15 is 0 Å². The van der Waals surface area contributed by atoms with Crippen molar-refractivity contribution in [2.24, 2.45) is 0 Å². The molecule has 7 nitrogen and oxygen atoms in total. The number of carbonyl (C=O) groups is 1. The number of amides is 1. The van der Waals surface area contributed by atoms with Crippen LogP contribution in [0.15, 0.2) is 40.7 Å². The van der Waals surface area contributed by atoms with E-state index in [0.717, 1.165) is 10.1 Å². The minimum Gasteiger partial charge on any atom is -0.296 e. The van der Waals surface area contributed by atoms with Crippen LogP contribution < -0.4 is 5.32 Å². The first-order valence-electron chi connectivity index (χ1n) is 8.43. The number of thioether (sulfide) groups is 1. The topological polar surface area (TPSA) is 98.0 Å². The van der Waals surface area contributed by atoms with Gasteiger partial charge in [-0.1, -0.05) is 52.9 Å². The lowest BCUT2D eigenvalue weighted by Crippen LogP contribution is -2.14. The number of anilines is 1. The summed E-state index contributed by atoms with van der Waals surface area (Å²) < 4.78 is 0.743. The number of carbonyl (C=O) groups excluding carboxylic acids is 1. The van der Waals surface area contributed by atoms with Gasteiger partial charge in [0.2, 0.25) is 5.13 Å².